The highest BCUT2D eigenvalue weighted by atomic mass is 16.5. The van der Waals surface area contributed by atoms with E-state index in [1.807, 2.05) is 19.1 Å². The van der Waals surface area contributed by atoms with Gasteiger partial charge in [0.2, 0.25) is 0 Å². The molecule has 2 N–H and O–H groups in total. The topological polar surface area (TPSA) is 74.3 Å². The maximum atomic E-state index is 12.3. The quantitative estimate of drug-likeness (QED) is 0.468. The van der Waals surface area contributed by atoms with Gasteiger partial charge < -0.3 is 15.0 Å². The van der Waals surface area contributed by atoms with E-state index < -0.39 is 5.91 Å². The first-order valence-electron chi connectivity index (χ1n) is 10.2. The average molecular weight is 385 g/mol. The molecule has 2 aromatic rings. The van der Waals surface area contributed by atoms with E-state index in [2.05, 4.69) is 18.4 Å². The lowest BCUT2D eigenvalue weighted by molar-refractivity contribution is 0.0600. The van der Waals surface area contributed by atoms with Crippen molar-refractivity contribution in [2.45, 2.75) is 65.8 Å². The number of nitrogens with zero attached hydrogens (tertiary/aromatic N) is 1. The molecule has 5 heteroatoms. The third-order valence-corrected chi connectivity index (χ3v) is 5.22. The number of aromatic nitrogens is 1. The highest BCUT2D eigenvalue weighted by Gasteiger charge is 2.24. The van der Waals surface area contributed by atoms with E-state index in [0.29, 0.717) is 11.1 Å². The molecule has 0 saturated carbocycles. The number of carbonyl (C=O) groups is 2. The van der Waals surface area contributed by atoms with Gasteiger partial charge in [-0.05, 0) is 43.9 Å². The van der Waals surface area contributed by atoms with Crippen molar-refractivity contribution in [3.63, 3.8) is 0 Å². The Labute approximate surface area is 167 Å². The first-order valence-corrected chi connectivity index (χ1v) is 10.2. The van der Waals surface area contributed by atoms with E-state index in [0.717, 1.165) is 61.9 Å². The number of ether oxygens (including phenoxy) is 1. The second-order valence-electron chi connectivity index (χ2n) is 7.18. The monoisotopic (exact) mass is 384 g/mol. The molecule has 0 spiro atoms. The zero-order valence-electron chi connectivity index (χ0n) is 17.5. The van der Waals surface area contributed by atoms with Crippen LogP contribution in [0.25, 0.3) is 11.1 Å². The number of unbranched alkanes of at least 4 members (excludes halogenated alkanes) is 3. The van der Waals surface area contributed by atoms with Crippen molar-refractivity contribution >= 4 is 11.9 Å². The average Bonchev–Trinajstić information content (AvgIpc) is 2.97. The third-order valence-electron chi connectivity index (χ3n) is 5.22. The van der Waals surface area contributed by atoms with Crippen LogP contribution >= 0.6 is 0 Å². The van der Waals surface area contributed by atoms with E-state index in [4.69, 9.17) is 10.5 Å². The summed E-state index contributed by atoms with van der Waals surface area (Å²) in [7, 11) is 1.37. The van der Waals surface area contributed by atoms with Crippen LogP contribution in [0, 0.1) is 6.92 Å². The van der Waals surface area contributed by atoms with Crippen molar-refractivity contribution in [2.24, 2.45) is 5.73 Å². The highest BCUT2D eigenvalue weighted by Crippen LogP contribution is 2.34. The van der Waals surface area contributed by atoms with Crippen LogP contribution in [0.4, 0.5) is 0 Å². The molecular formula is C23H32N2O3. The first-order chi connectivity index (χ1) is 13.5. The van der Waals surface area contributed by atoms with Crippen molar-refractivity contribution in [1.82, 2.24) is 4.57 Å². The van der Waals surface area contributed by atoms with E-state index in [-0.39, 0.29) is 5.97 Å². The van der Waals surface area contributed by atoms with Gasteiger partial charge in [-0.25, -0.2) is 4.79 Å². The minimum Gasteiger partial charge on any atom is -0.465 e. The van der Waals surface area contributed by atoms with Crippen molar-refractivity contribution in [2.75, 3.05) is 7.11 Å². The molecule has 0 saturated heterocycles. The molecule has 0 radical (unpaired) electrons. The van der Waals surface area contributed by atoms with Gasteiger partial charge in [0.05, 0.1) is 18.2 Å². The largest absolute Gasteiger partial charge is 0.465 e. The van der Waals surface area contributed by atoms with Gasteiger partial charge in [-0.15, -0.1) is 0 Å². The number of hydrogen-bond acceptors (Lipinski definition) is 3. The number of esters is 1. The summed E-state index contributed by atoms with van der Waals surface area (Å²) in [5, 5.41) is 0. The molecule has 0 aliphatic rings. The first kappa shape index (κ1) is 21.7. The molecule has 0 fully saturated rings. The predicted molar refractivity (Wildman–Crippen MR) is 113 cm³/mol. The lowest BCUT2D eigenvalue weighted by atomic mass is 9.96. The molecular weight excluding hydrogens is 352 g/mol. The Morgan fingerprint density at radius 3 is 2.21 bits per heavy atom. The van der Waals surface area contributed by atoms with E-state index >= 15 is 0 Å². The maximum absolute atomic E-state index is 12.3. The Bertz CT molecular complexity index is 819. The molecule has 0 aliphatic carbocycles. The molecule has 1 aromatic carbocycles. The molecule has 0 aliphatic heterocycles. The maximum Gasteiger partial charge on any atom is 0.337 e. The Balaban J connectivity index is 2.61. The smallest absolute Gasteiger partial charge is 0.337 e. The van der Waals surface area contributed by atoms with Crippen LogP contribution in [0.3, 0.4) is 0 Å². The Kier molecular flexibility index (Phi) is 7.85. The van der Waals surface area contributed by atoms with Crippen LogP contribution in [0.2, 0.25) is 0 Å². The Hall–Kier alpha value is -2.56. The van der Waals surface area contributed by atoms with E-state index in [1.54, 1.807) is 12.1 Å². The molecule has 5 nitrogen and oxygen atoms in total. The van der Waals surface area contributed by atoms with Crippen LogP contribution in [-0.4, -0.2) is 23.6 Å². The molecule has 28 heavy (non-hydrogen) atoms. The number of primary amides is 1. The van der Waals surface area contributed by atoms with Gasteiger partial charge in [0, 0.05) is 23.5 Å². The fourth-order valence-electron chi connectivity index (χ4n) is 3.72. The van der Waals surface area contributed by atoms with Crippen LogP contribution < -0.4 is 5.73 Å². The molecule has 152 valence electrons. The van der Waals surface area contributed by atoms with Crippen LogP contribution in [0.15, 0.2) is 24.3 Å². The third kappa shape index (κ3) is 4.64. The second kappa shape index (κ2) is 10.1. The van der Waals surface area contributed by atoms with Gasteiger partial charge in [-0.3, -0.25) is 4.79 Å². The molecule has 1 amide bonds. The number of amides is 1. The van der Waals surface area contributed by atoms with Crippen LogP contribution in [0.5, 0.6) is 0 Å². The zero-order chi connectivity index (χ0) is 20.7. The van der Waals surface area contributed by atoms with Crippen molar-refractivity contribution in [1.29, 1.82) is 0 Å². The summed E-state index contributed by atoms with van der Waals surface area (Å²) >= 11 is 0. The van der Waals surface area contributed by atoms with E-state index in [1.165, 1.54) is 12.8 Å². The number of benzene rings is 1. The Morgan fingerprint density at radius 1 is 1.04 bits per heavy atom. The summed E-state index contributed by atoms with van der Waals surface area (Å²) in [5.74, 6) is -0.780. The standard InChI is InChI=1S/C23H32N2O3/c1-5-7-9-10-19-21(17-11-13-18(14-12-17)23(27)28-4)20(22(24)26)16(3)25(19)15-8-6-2/h11-14H,5-10,15H2,1-4H3,(H2,24,26). The van der Waals surface area contributed by atoms with Gasteiger partial charge in [-0.1, -0.05) is 45.2 Å². The summed E-state index contributed by atoms with van der Waals surface area (Å²) in [4.78, 5) is 24.1. The van der Waals surface area contributed by atoms with Crippen LogP contribution in [0.1, 0.15) is 78.1 Å². The normalized spacial score (nSPS) is 10.9. The minimum absolute atomic E-state index is 0.374. The van der Waals surface area contributed by atoms with Gasteiger partial charge in [0.15, 0.2) is 0 Å². The highest BCUT2D eigenvalue weighted by molar-refractivity contribution is 6.02. The molecule has 2 rings (SSSR count). The number of rotatable bonds is 10. The van der Waals surface area contributed by atoms with Crippen molar-refractivity contribution < 1.29 is 14.3 Å². The van der Waals surface area contributed by atoms with Crippen LogP contribution in [-0.2, 0) is 17.7 Å². The lowest BCUT2D eigenvalue weighted by Crippen LogP contribution is -2.13. The summed E-state index contributed by atoms with van der Waals surface area (Å²) < 4.78 is 7.05. The summed E-state index contributed by atoms with van der Waals surface area (Å²) in [6.45, 7) is 7.20. The Morgan fingerprint density at radius 2 is 1.68 bits per heavy atom. The number of methoxy groups -OCH3 is 1. The lowest BCUT2D eigenvalue weighted by Gasteiger charge is -2.13. The summed E-state index contributed by atoms with van der Waals surface area (Å²) in [6, 6.07) is 7.23. The second-order valence-corrected chi connectivity index (χ2v) is 7.18. The zero-order valence-corrected chi connectivity index (χ0v) is 17.5. The van der Waals surface area contributed by atoms with Gasteiger partial charge in [0.1, 0.15) is 0 Å². The molecule has 1 heterocycles. The summed E-state index contributed by atoms with van der Waals surface area (Å²) in [5.41, 5.74) is 10.8. The number of nitrogens with two attached hydrogens (primary N) is 1. The SMILES string of the molecule is CCCCCc1c(-c2ccc(C(=O)OC)cc2)c(C(N)=O)c(C)n1CCCC. The number of carbonyl (C=O) groups excluding carboxylic acids is 2. The van der Waals surface area contributed by atoms with Gasteiger partial charge >= 0.3 is 5.97 Å². The van der Waals surface area contributed by atoms with Gasteiger partial charge in [0.25, 0.3) is 5.91 Å². The molecule has 1 aromatic heterocycles. The fraction of sp³-hybridized carbons (Fsp3) is 0.478. The minimum atomic E-state index is -0.406. The van der Waals surface area contributed by atoms with Gasteiger partial charge in [-0.2, -0.15) is 0 Å². The molecule has 0 atom stereocenters. The molecule has 0 bridgehead atoms. The fourth-order valence-corrected chi connectivity index (χ4v) is 3.72. The van der Waals surface area contributed by atoms with E-state index in [9.17, 15) is 9.59 Å². The summed E-state index contributed by atoms with van der Waals surface area (Å²) in [6.07, 6.45) is 6.39. The number of hydrogen-bond donors (Lipinski definition) is 1. The predicted octanol–water partition coefficient (Wildman–Crippen LogP) is 4.88. The van der Waals surface area contributed by atoms with Crippen molar-refractivity contribution in [3.05, 3.63) is 46.8 Å². The van der Waals surface area contributed by atoms with Crippen molar-refractivity contribution in [3.8, 4) is 11.1 Å². The molecule has 0 unspecified atom stereocenters.